The first-order valence-corrected chi connectivity index (χ1v) is 3.96. The van der Waals surface area contributed by atoms with Gasteiger partial charge in [-0.05, 0) is 0 Å². The van der Waals surface area contributed by atoms with Gasteiger partial charge < -0.3 is 40.9 Å². The minimum atomic E-state index is -3.95. The van der Waals surface area contributed by atoms with Gasteiger partial charge in [-0.2, -0.15) is 0 Å². The molecule has 1 unspecified atom stereocenters. The predicted octanol–water partition coefficient (Wildman–Crippen LogP) is -5.14. The Balaban J connectivity index is 4.89. The fourth-order valence-electron chi connectivity index (χ4n) is 0.912. The SMILES string of the molecule is OCCN(C(O)CO)C(O)(O)C(O)(O)O. The Hall–Kier alpha value is -0.360. The largest absolute Gasteiger partial charge is 0.395 e. The number of aliphatic hydroxyl groups is 8. The minimum absolute atomic E-state index is 0.0903. The summed E-state index contributed by atoms with van der Waals surface area (Å²) in [6, 6.07) is 0. The van der Waals surface area contributed by atoms with Crippen LogP contribution in [0, 0.1) is 0 Å². The zero-order chi connectivity index (χ0) is 12.3. The van der Waals surface area contributed by atoms with Crippen molar-refractivity contribution in [1.82, 2.24) is 4.90 Å². The highest BCUT2D eigenvalue weighted by atomic mass is 16.7. The third kappa shape index (κ3) is 3.31. The van der Waals surface area contributed by atoms with Crippen LogP contribution in [0.5, 0.6) is 0 Å². The molecule has 0 saturated heterocycles. The summed E-state index contributed by atoms with van der Waals surface area (Å²) in [5.74, 6) is -7.59. The molecular formula is C6H15NO8. The molecule has 0 bridgehead atoms. The monoisotopic (exact) mass is 229 g/mol. The normalized spacial score (nSPS) is 15.8. The maximum Gasteiger partial charge on any atom is 0.349 e. The fourth-order valence-corrected chi connectivity index (χ4v) is 0.912. The van der Waals surface area contributed by atoms with Crippen LogP contribution >= 0.6 is 0 Å². The number of hydrogen-bond donors (Lipinski definition) is 8. The van der Waals surface area contributed by atoms with E-state index in [9.17, 15) is 0 Å². The van der Waals surface area contributed by atoms with Crippen molar-refractivity contribution in [2.75, 3.05) is 19.8 Å². The molecule has 0 aliphatic carbocycles. The molecule has 0 fully saturated rings. The van der Waals surface area contributed by atoms with E-state index >= 15 is 0 Å². The topological polar surface area (TPSA) is 165 Å². The van der Waals surface area contributed by atoms with Crippen molar-refractivity contribution in [1.29, 1.82) is 0 Å². The third-order valence-corrected chi connectivity index (χ3v) is 1.71. The van der Waals surface area contributed by atoms with E-state index in [0.717, 1.165) is 0 Å². The Bertz CT molecular complexity index is 190. The van der Waals surface area contributed by atoms with Crippen LogP contribution in [-0.2, 0) is 0 Å². The first kappa shape index (κ1) is 14.6. The zero-order valence-electron chi connectivity index (χ0n) is 7.72. The molecule has 9 heteroatoms. The molecule has 0 aromatic heterocycles. The molecule has 1 atom stereocenters. The first-order valence-electron chi connectivity index (χ1n) is 3.96. The molecule has 0 aliphatic rings. The maximum atomic E-state index is 9.09. The highest BCUT2D eigenvalue weighted by molar-refractivity contribution is 4.76. The van der Waals surface area contributed by atoms with E-state index in [0.29, 0.717) is 0 Å². The summed E-state index contributed by atoms with van der Waals surface area (Å²) in [6.07, 6.45) is -1.90. The summed E-state index contributed by atoms with van der Waals surface area (Å²) < 4.78 is 0. The smallest absolute Gasteiger partial charge is 0.349 e. The Labute approximate surface area is 84.7 Å². The van der Waals surface area contributed by atoms with Gasteiger partial charge in [-0.3, -0.25) is 0 Å². The van der Waals surface area contributed by atoms with Crippen molar-refractivity contribution in [2.45, 2.75) is 18.1 Å². The second-order valence-corrected chi connectivity index (χ2v) is 2.85. The lowest BCUT2D eigenvalue weighted by atomic mass is 10.3. The molecule has 9 nitrogen and oxygen atoms in total. The molecule has 15 heavy (non-hydrogen) atoms. The molecule has 0 saturated carbocycles. The summed E-state index contributed by atoms with van der Waals surface area (Å²) in [4.78, 5) is 0.0903. The average Bonchev–Trinajstić information content (AvgIpc) is 2.10. The second kappa shape index (κ2) is 5.12. The zero-order valence-corrected chi connectivity index (χ0v) is 7.72. The molecule has 0 amide bonds. The van der Waals surface area contributed by atoms with Gasteiger partial charge in [0.15, 0.2) is 0 Å². The molecule has 8 N–H and O–H groups in total. The molecular weight excluding hydrogens is 214 g/mol. The van der Waals surface area contributed by atoms with E-state index in [2.05, 4.69) is 0 Å². The lowest BCUT2D eigenvalue weighted by Crippen LogP contribution is -2.68. The van der Waals surface area contributed by atoms with Gasteiger partial charge in [-0.25, -0.2) is 4.90 Å². The van der Waals surface area contributed by atoms with E-state index in [4.69, 9.17) is 40.9 Å². The average molecular weight is 229 g/mol. The van der Waals surface area contributed by atoms with Crippen molar-refractivity contribution in [3.05, 3.63) is 0 Å². The van der Waals surface area contributed by atoms with E-state index in [-0.39, 0.29) is 4.90 Å². The van der Waals surface area contributed by atoms with Crippen LogP contribution in [0.4, 0.5) is 0 Å². The summed E-state index contributed by atoms with van der Waals surface area (Å²) >= 11 is 0. The van der Waals surface area contributed by atoms with Gasteiger partial charge in [0.1, 0.15) is 6.23 Å². The molecule has 0 heterocycles. The highest BCUT2D eigenvalue weighted by Crippen LogP contribution is 2.20. The highest BCUT2D eigenvalue weighted by Gasteiger charge is 2.53. The maximum absolute atomic E-state index is 9.09. The third-order valence-electron chi connectivity index (χ3n) is 1.71. The van der Waals surface area contributed by atoms with E-state index in [1.54, 1.807) is 0 Å². The molecule has 0 aromatic carbocycles. The Morgan fingerprint density at radius 2 is 1.47 bits per heavy atom. The molecule has 0 spiro atoms. The van der Waals surface area contributed by atoms with E-state index in [1.165, 1.54) is 0 Å². The molecule has 0 rings (SSSR count). The van der Waals surface area contributed by atoms with Crippen molar-refractivity contribution >= 4 is 0 Å². The van der Waals surface area contributed by atoms with Crippen molar-refractivity contribution in [3.63, 3.8) is 0 Å². The van der Waals surface area contributed by atoms with Crippen LogP contribution in [0.25, 0.3) is 0 Å². The van der Waals surface area contributed by atoms with Gasteiger partial charge >= 0.3 is 11.9 Å². The van der Waals surface area contributed by atoms with Crippen LogP contribution in [-0.4, -0.2) is 83.6 Å². The van der Waals surface area contributed by atoms with Gasteiger partial charge in [0.2, 0.25) is 0 Å². The summed E-state index contributed by atoms with van der Waals surface area (Å²) in [6.45, 7) is -2.28. The van der Waals surface area contributed by atoms with Crippen LogP contribution < -0.4 is 0 Å². The van der Waals surface area contributed by atoms with Crippen molar-refractivity contribution in [3.8, 4) is 0 Å². The lowest BCUT2D eigenvalue weighted by molar-refractivity contribution is -0.495. The Morgan fingerprint density at radius 3 is 1.73 bits per heavy atom. The van der Waals surface area contributed by atoms with E-state index < -0.39 is 37.9 Å². The summed E-state index contributed by atoms with van der Waals surface area (Å²) in [5.41, 5.74) is 0. The summed E-state index contributed by atoms with van der Waals surface area (Å²) in [5, 5.41) is 70.0. The summed E-state index contributed by atoms with van der Waals surface area (Å²) in [7, 11) is 0. The van der Waals surface area contributed by atoms with Crippen molar-refractivity contribution < 1.29 is 40.9 Å². The molecule has 0 aliphatic heterocycles. The standard InChI is InChI=1S/C6H15NO8/c8-2-1-7(4(10)3-9)5(11,12)6(13,14)15/h4,8-15H,1-3H2. The molecule has 92 valence electrons. The van der Waals surface area contributed by atoms with Gasteiger partial charge in [-0.15, -0.1) is 0 Å². The van der Waals surface area contributed by atoms with Gasteiger partial charge in [0.25, 0.3) is 0 Å². The van der Waals surface area contributed by atoms with Crippen LogP contribution in [0.3, 0.4) is 0 Å². The Morgan fingerprint density at radius 1 is 1.00 bits per heavy atom. The number of aliphatic hydroxyl groups excluding tert-OH is 3. The molecule has 0 radical (unpaired) electrons. The first-order chi connectivity index (χ1) is 6.68. The number of hydrogen-bond acceptors (Lipinski definition) is 9. The minimum Gasteiger partial charge on any atom is -0.395 e. The van der Waals surface area contributed by atoms with Crippen LogP contribution in [0.15, 0.2) is 0 Å². The van der Waals surface area contributed by atoms with Gasteiger partial charge in [-0.1, -0.05) is 0 Å². The number of nitrogens with zero attached hydrogens (tertiary/aromatic N) is 1. The lowest BCUT2D eigenvalue weighted by Gasteiger charge is -2.40. The van der Waals surface area contributed by atoms with Crippen LogP contribution in [0.2, 0.25) is 0 Å². The molecule has 0 aromatic rings. The van der Waals surface area contributed by atoms with Gasteiger partial charge in [0.05, 0.1) is 13.2 Å². The van der Waals surface area contributed by atoms with Crippen LogP contribution in [0.1, 0.15) is 0 Å². The Kier molecular flexibility index (Phi) is 4.99. The number of rotatable bonds is 6. The second-order valence-electron chi connectivity index (χ2n) is 2.85. The quantitative estimate of drug-likeness (QED) is 0.208. The fraction of sp³-hybridized carbons (Fsp3) is 1.00. The van der Waals surface area contributed by atoms with Gasteiger partial charge in [0, 0.05) is 6.54 Å². The van der Waals surface area contributed by atoms with Crippen molar-refractivity contribution in [2.24, 2.45) is 0 Å². The predicted molar refractivity (Wildman–Crippen MR) is 43.4 cm³/mol. The van der Waals surface area contributed by atoms with E-state index in [1.807, 2.05) is 0 Å².